The molecule has 2 N–H and O–H groups in total. The Morgan fingerprint density at radius 2 is 2.09 bits per heavy atom. The molecule has 1 atom stereocenters. The van der Waals surface area contributed by atoms with Crippen LogP contribution in [0.2, 0.25) is 0 Å². The summed E-state index contributed by atoms with van der Waals surface area (Å²) in [5.41, 5.74) is -0.279. The van der Waals surface area contributed by atoms with Crippen molar-refractivity contribution in [2.45, 2.75) is 32.2 Å². The zero-order valence-corrected chi connectivity index (χ0v) is 14.6. The number of carbonyl (C=O) groups is 2. The van der Waals surface area contributed by atoms with Gasteiger partial charge >= 0.3 is 5.97 Å². The fourth-order valence-corrected chi connectivity index (χ4v) is 2.44. The lowest BCUT2D eigenvalue weighted by Crippen LogP contribution is -2.52. The summed E-state index contributed by atoms with van der Waals surface area (Å²) < 4.78 is 6.00. The van der Waals surface area contributed by atoms with Crippen LogP contribution in [0.25, 0.3) is 0 Å². The molecule has 122 valence electrons. The Bertz CT molecular complexity index is 531. The molecule has 1 aromatic rings. The molecule has 0 saturated heterocycles. The Kier molecular flexibility index (Phi) is 7.03. The molecule has 22 heavy (non-hydrogen) atoms. The maximum absolute atomic E-state index is 12.4. The van der Waals surface area contributed by atoms with Crippen molar-refractivity contribution in [3.63, 3.8) is 0 Å². The van der Waals surface area contributed by atoms with Gasteiger partial charge in [0.05, 0.1) is 0 Å². The SMILES string of the molecule is COCCC(Cc1cccc(Br)c1)C(=O)NC(C)(C)C(=O)O. The monoisotopic (exact) mass is 371 g/mol. The van der Waals surface area contributed by atoms with Gasteiger partial charge in [-0.3, -0.25) is 4.79 Å². The van der Waals surface area contributed by atoms with Gasteiger partial charge in [-0.1, -0.05) is 28.1 Å². The lowest BCUT2D eigenvalue weighted by atomic mass is 9.94. The van der Waals surface area contributed by atoms with Crippen LogP contribution >= 0.6 is 15.9 Å². The summed E-state index contributed by atoms with van der Waals surface area (Å²) in [6.45, 7) is 3.39. The first-order valence-electron chi connectivity index (χ1n) is 7.05. The molecular weight excluding hydrogens is 350 g/mol. The summed E-state index contributed by atoms with van der Waals surface area (Å²) in [4.78, 5) is 23.6. The summed E-state index contributed by atoms with van der Waals surface area (Å²) in [7, 11) is 1.58. The summed E-state index contributed by atoms with van der Waals surface area (Å²) >= 11 is 3.41. The quantitative estimate of drug-likeness (QED) is 0.736. The highest BCUT2D eigenvalue weighted by Crippen LogP contribution is 2.18. The first kappa shape index (κ1) is 18.6. The van der Waals surface area contributed by atoms with Gasteiger partial charge in [0.25, 0.3) is 0 Å². The number of benzene rings is 1. The number of methoxy groups -OCH3 is 1. The molecule has 0 fully saturated rings. The second-order valence-corrected chi connectivity index (χ2v) is 6.65. The minimum atomic E-state index is -1.29. The van der Waals surface area contributed by atoms with Crippen LogP contribution in [0.5, 0.6) is 0 Å². The molecule has 0 heterocycles. The fourth-order valence-electron chi connectivity index (χ4n) is 2.00. The number of halogens is 1. The van der Waals surface area contributed by atoms with E-state index in [1.54, 1.807) is 7.11 Å². The molecule has 1 amide bonds. The van der Waals surface area contributed by atoms with Crippen LogP contribution in [0.1, 0.15) is 25.8 Å². The molecule has 0 saturated carbocycles. The molecule has 1 unspecified atom stereocenters. The zero-order valence-electron chi connectivity index (χ0n) is 13.1. The standard InChI is InChI=1S/C16H22BrNO4/c1-16(2,15(20)21)18-14(19)12(7-8-22-3)9-11-5-4-6-13(17)10-11/h4-6,10,12H,7-9H2,1-3H3,(H,18,19)(H,20,21). The molecule has 0 spiro atoms. The van der Waals surface area contributed by atoms with Crippen LogP contribution in [0.15, 0.2) is 28.7 Å². The third kappa shape index (κ3) is 5.77. The van der Waals surface area contributed by atoms with E-state index in [-0.39, 0.29) is 11.8 Å². The fraction of sp³-hybridized carbons (Fsp3) is 0.500. The van der Waals surface area contributed by atoms with Gasteiger partial charge in [0.15, 0.2) is 0 Å². The second-order valence-electron chi connectivity index (χ2n) is 5.73. The van der Waals surface area contributed by atoms with Gasteiger partial charge in [0.1, 0.15) is 5.54 Å². The highest BCUT2D eigenvalue weighted by molar-refractivity contribution is 9.10. The highest BCUT2D eigenvalue weighted by Gasteiger charge is 2.31. The number of nitrogens with one attached hydrogen (secondary N) is 1. The van der Waals surface area contributed by atoms with Gasteiger partial charge in [-0.2, -0.15) is 0 Å². The van der Waals surface area contributed by atoms with Crippen molar-refractivity contribution in [2.24, 2.45) is 5.92 Å². The van der Waals surface area contributed by atoms with E-state index in [0.29, 0.717) is 19.4 Å². The number of aliphatic carboxylic acids is 1. The minimum absolute atomic E-state index is 0.274. The van der Waals surface area contributed by atoms with Crippen molar-refractivity contribution in [2.75, 3.05) is 13.7 Å². The number of rotatable bonds is 8. The maximum Gasteiger partial charge on any atom is 0.328 e. The first-order valence-corrected chi connectivity index (χ1v) is 7.84. The third-order valence-electron chi connectivity index (χ3n) is 3.38. The van der Waals surface area contributed by atoms with E-state index in [1.165, 1.54) is 13.8 Å². The van der Waals surface area contributed by atoms with Gasteiger partial charge in [-0.25, -0.2) is 4.79 Å². The van der Waals surface area contributed by atoms with Crippen LogP contribution in [0.4, 0.5) is 0 Å². The molecule has 0 radical (unpaired) electrons. The van der Waals surface area contributed by atoms with Crippen molar-refractivity contribution >= 4 is 27.8 Å². The molecule has 5 nitrogen and oxygen atoms in total. The first-order chi connectivity index (χ1) is 10.3. The van der Waals surface area contributed by atoms with Crippen LogP contribution in [-0.2, 0) is 20.7 Å². The number of carbonyl (C=O) groups excluding carboxylic acids is 1. The number of hydrogen-bond acceptors (Lipinski definition) is 3. The maximum atomic E-state index is 12.4. The summed E-state index contributed by atoms with van der Waals surface area (Å²) in [6, 6.07) is 7.72. The smallest absolute Gasteiger partial charge is 0.328 e. The van der Waals surface area contributed by atoms with Crippen LogP contribution in [0.3, 0.4) is 0 Å². The molecule has 1 rings (SSSR count). The molecule has 0 aromatic heterocycles. The molecular formula is C16H22BrNO4. The Balaban J connectivity index is 2.83. The molecule has 0 bridgehead atoms. The Morgan fingerprint density at radius 1 is 1.41 bits per heavy atom. The van der Waals surface area contributed by atoms with Crippen LogP contribution < -0.4 is 5.32 Å². The van der Waals surface area contributed by atoms with Crippen molar-refractivity contribution < 1.29 is 19.4 Å². The van der Waals surface area contributed by atoms with Crippen molar-refractivity contribution in [3.05, 3.63) is 34.3 Å². The average Bonchev–Trinajstić information content (AvgIpc) is 2.42. The Labute approximate surface area is 139 Å². The van der Waals surface area contributed by atoms with Crippen molar-refractivity contribution in [1.82, 2.24) is 5.32 Å². The minimum Gasteiger partial charge on any atom is -0.480 e. The van der Waals surface area contributed by atoms with E-state index in [9.17, 15) is 9.59 Å². The van der Waals surface area contributed by atoms with Gasteiger partial charge in [-0.05, 0) is 44.4 Å². The van der Waals surface area contributed by atoms with Crippen LogP contribution in [0, 0.1) is 5.92 Å². The summed E-state index contributed by atoms with van der Waals surface area (Å²) in [5, 5.41) is 11.7. The number of carboxylic acids is 1. The summed E-state index contributed by atoms with van der Waals surface area (Å²) in [6.07, 6.45) is 1.06. The number of carboxylic acid groups (broad SMARTS) is 1. The average molecular weight is 372 g/mol. The van der Waals surface area contributed by atoms with E-state index < -0.39 is 11.5 Å². The zero-order chi connectivity index (χ0) is 16.8. The molecule has 1 aromatic carbocycles. The number of hydrogen-bond donors (Lipinski definition) is 2. The van der Waals surface area contributed by atoms with Gasteiger partial charge in [0, 0.05) is 24.1 Å². The highest BCUT2D eigenvalue weighted by atomic mass is 79.9. The van der Waals surface area contributed by atoms with Gasteiger partial charge in [-0.15, -0.1) is 0 Å². The van der Waals surface area contributed by atoms with E-state index in [4.69, 9.17) is 9.84 Å². The Hall–Kier alpha value is -1.40. The normalized spacial score (nSPS) is 12.7. The lowest BCUT2D eigenvalue weighted by molar-refractivity contribution is -0.146. The predicted molar refractivity (Wildman–Crippen MR) is 87.7 cm³/mol. The van der Waals surface area contributed by atoms with Gasteiger partial charge < -0.3 is 15.2 Å². The summed E-state index contributed by atoms with van der Waals surface area (Å²) in [5.74, 6) is -1.67. The molecule has 0 aliphatic heterocycles. The molecule has 6 heteroatoms. The van der Waals surface area contributed by atoms with Gasteiger partial charge in [0.2, 0.25) is 5.91 Å². The van der Waals surface area contributed by atoms with E-state index >= 15 is 0 Å². The molecule has 0 aliphatic rings. The van der Waals surface area contributed by atoms with Crippen molar-refractivity contribution in [1.29, 1.82) is 0 Å². The number of ether oxygens (including phenoxy) is 1. The third-order valence-corrected chi connectivity index (χ3v) is 3.88. The Morgan fingerprint density at radius 3 is 2.64 bits per heavy atom. The lowest BCUT2D eigenvalue weighted by Gasteiger charge is -2.25. The topological polar surface area (TPSA) is 75.6 Å². The van der Waals surface area contributed by atoms with E-state index in [1.807, 2.05) is 24.3 Å². The largest absolute Gasteiger partial charge is 0.480 e. The van der Waals surface area contributed by atoms with E-state index in [2.05, 4.69) is 21.2 Å². The predicted octanol–water partition coefficient (Wildman–Crippen LogP) is 2.62. The van der Waals surface area contributed by atoms with Crippen molar-refractivity contribution in [3.8, 4) is 0 Å². The second kappa shape index (κ2) is 8.29. The molecule has 0 aliphatic carbocycles. The van der Waals surface area contributed by atoms with E-state index in [0.717, 1.165) is 10.0 Å². The van der Waals surface area contributed by atoms with Crippen LogP contribution in [-0.4, -0.2) is 36.2 Å². The number of amides is 1.